The van der Waals surface area contributed by atoms with Crippen molar-refractivity contribution in [3.05, 3.63) is 24.2 Å². The summed E-state index contributed by atoms with van der Waals surface area (Å²) in [5, 5.41) is 20.2. The first-order chi connectivity index (χ1) is 11.5. The number of pyridine rings is 1. The van der Waals surface area contributed by atoms with Gasteiger partial charge in [-0.05, 0) is 25.0 Å². The summed E-state index contributed by atoms with van der Waals surface area (Å²) in [5.41, 5.74) is 1.35. The Bertz CT molecular complexity index is 770. The molecule has 1 unspecified atom stereocenters. The molecule has 1 atom stereocenters. The fraction of sp³-hybridized carbons (Fsp3) is 0.500. The zero-order valence-electron chi connectivity index (χ0n) is 13.8. The van der Waals surface area contributed by atoms with Gasteiger partial charge in [-0.1, -0.05) is 13.8 Å². The summed E-state index contributed by atoms with van der Waals surface area (Å²) in [6.45, 7) is 4.87. The molecule has 1 aliphatic heterocycles. The first-order valence-electron chi connectivity index (χ1n) is 8.09. The fourth-order valence-corrected chi connectivity index (χ4v) is 2.94. The van der Waals surface area contributed by atoms with Crippen LogP contribution in [0.2, 0.25) is 0 Å². The maximum absolute atomic E-state index is 12.4. The van der Waals surface area contributed by atoms with E-state index in [2.05, 4.69) is 15.5 Å². The van der Waals surface area contributed by atoms with Gasteiger partial charge in [0.05, 0.1) is 11.6 Å². The summed E-state index contributed by atoms with van der Waals surface area (Å²) in [6, 6.07) is 3.29. The first-order valence-corrected chi connectivity index (χ1v) is 8.09. The summed E-state index contributed by atoms with van der Waals surface area (Å²) >= 11 is 0. The Balaban J connectivity index is 1.75. The molecule has 128 valence electrons. The van der Waals surface area contributed by atoms with Gasteiger partial charge in [0.25, 0.3) is 0 Å². The highest BCUT2D eigenvalue weighted by Gasteiger charge is 2.28. The fourth-order valence-electron chi connectivity index (χ4n) is 2.94. The molecular weight excluding hydrogens is 310 g/mol. The molecule has 0 aliphatic carbocycles. The molecule has 0 radical (unpaired) electrons. The molecule has 8 nitrogen and oxygen atoms in total. The van der Waals surface area contributed by atoms with Crippen molar-refractivity contribution >= 4 is 23.3 Å². The molecule has 2 aromatic rings. The molecule has 0 saturated carbocycles. The van der Waals surface area contributed by atoms with Crippen LogP contribution in [0.4, 0.5) is 10.5 Å². The van der Waals surface area contributed by atoms with E-state index >= 15 is 0 Å². The van der Waals surface area contributed by atoms with E-state index in [0.717, 1.165) is 11.5 Å². The molecular formula is C16H21N5O3. The van der Waals surface area contributed by atoms with Crippen LogP contribution in [0.5, 0.6) is 0 Å². The van der Waals surface area contributed by atoms with Crippen LogP contribution in [-0.2, 0) is 4.79 Å². The number of carboxylic acids is 1. The van der Waals surface area contributed by atoms with Crippen molar-refractivity contribution in [2.75, 3.05) is 18.4 Å². The smallest absolute Gasteiger partial charge is 0.321 e. The lowest BCUT2D eigenvalue weighted by Gasteiger charge is -2.30. The standard InChI is InChI=1S/C16H21N5O3/c1-10(2)14-19-18-13-6-5-12(9-21(13)14)17-16(24)20-7-3-4-11(8-20)15(22)23/h5-6,9-11H,3-4,7-8H2,1-2H3,(H,17,24)(H,22,23). The van der Waals surface area contributed by atoms with Crippen molar-refractivity contribution in [2.45, 2.75) is 32.6 Å². The number of nitrogens with zero attached hydrogens (tertiary/aromatic N) is 4. The molecule has 1 saturated heterocycles. The molecule has 2 N–H and O–H groups in total. The maximum atomic E-state index is 12.4. The van der Waals surface area contributed by atoms with Crippen LogP contribution >= 0.6 is 0 Å². The third-order valence-corrected chi connectivity index (χ3v) is 4.25. The van der Waals surface area contributed by atoms with E-state index in [9.17, 15) is 9.59 Å². The monoisotopic (exact) mass is 331 g/mol. The van der Waals surface area contributed by atoms with Crippen LogP contribution < -0.4 is 5.32 Å². The van der Waals surface area contributed by atoms with Gasteiger partial charge in [0, 0.05) is 25.2 Å². The van der Waals surface area contributed by atoms with Gasteiger partial charge >= 0.3 is 12.0 Å². The van der Waals surface area contributed by atoms with E-state index in [1.54, 1.807) is 23.2 Å². The number of amides is 2. The minimum atomic E-state index is -0.847. The largest absolute Gasteiger partial charge is 0.481 e. The minimum absolute atomic E-state index is 0.212. The molecule has 3 heterocycles. The van der Waals surface area contributed by atoms with Crippen molar-refractivity contribution in [1.82, 2.24) is 19.5 Å². The second-order valence-corrected chi connectivity index (χ2v) is 6.41. The lowest BCUT2D eigenvalue weighted by Crippen LogP contribution is -2.44. The normalized spacial score (nSPS) is 18.1. The Morgan fingerprint density at radius 2 is 2.12 bits per heavy atom. The minimum Gasteiger partial charge on any atom is -0.481 e. The van der Waals surface area contributed by atoms with E-state index in [-0.39, 0.29) is 18.5 Å². The number of likely N-dealkylation sites (tertiary alicyclic amines) is 1. The number of carboxylic acid groups (broad SMARTS) is 1. The molecule has 8 heteroatoms. The number of carbonyl (C=O) groups is 2. The third kappa shape index (κ3) is 3.17. The van der Waals surface area contributed by atoms with E-state index in [1.165, 1.54) is 0 Å². The summed E-state index contributed by atoms with van der Waals surface area (Å²) in [5.74, 6) is -0.299. The number of anilines is 1. The van der Waals surface area contributed by atoms with Gasteiger partial charge in [-0.2, -0.15) is 0 Å². The number of nitrogens with one attached hydrogen (secondary N) is 1. The Hall–Kier alpha value is -2.64. The zero-order chi connectivity index (χ0) is 17.3. The molecule has 0 spiro atoms. The van der Waals surface area contributed by atoms with Gasteiger partial charge in [0.2, 0.25) is 0 Å². The van der Waals surface area contributed by atoms with Crippen molar-refractivity contribution < 1.29 is 14.7 Å². The van der Waals surface area contributed by atoms with Crippen molar-refractivity contribution in [3.63, 3.8) is 0 Å². The van der Waals surface area contributed by atoms with Crippen LogP contribution in [0.15, 0.2) is 18.3 Å². The molecule has 1 fully saturated rings. The number of aromatic nitrogens is 3. The second kappa shape index (κ2) is 6.46. The predicted octanol–water partition coefficient (Wildman–Crippen LogP) is 2.18. The van der Waals surface area contributed by atoms with E-state index in [1.807, 2.05) is 18.2 Å². The number of fused-ring (bicyclic) bond motifs is 1. The molecule has 2 amide bonds. The Morgan fingerprint density at radius 1 is 1.33 bits per heavy atom. The highest BCUT2D eigenvalue weighted by molar-refractivity contribution is 5.89. The van der Waals surface area contributed by atoms with E-state index in [0.29, 0.717) is 25.1 Å². The lowest BCUT2D eigenvalue weighted by molar-refractivity contribution is -0.143. The van der Waals surface area contributed by atoms with Crippen LogP contribution in [0.3, 0.4) is 0 Å². The average Bonchev–Trinajstić information content (AvgIpc) is 2.98. The van der Waals surface area contributed by atoms with Gasteiger partial charge in [-0.25, -0.2) is 4.79 Å². The Morgan fingerprint density at radius 3 is 2.83 bits per heavy atom. The number of carbonyl (C=O) groups excluding carboxylic acids is 1. The molecule has 1 aliphatic rings. The van der Waals surface area contributed by atoms with Crippen LogP contribution in [0, 0.1) is 5.92 Å². The molecule has 3 rings (SSSR count). The van der Waals surface area contributed by atoms with Crippen molar-refractivity contribution in [1.29, 1.82) is 0 Å². The highest BCUT2D eigenvalue weighted by Crippen LogP contribution is 2.19. The van der Waals surface area contributed by atoms with Gasteiger partial charge < -0.3 is 15.3 Å². The SMILES string of the molecule is CC(C)c1nnc2ccc(NC(=O)N3CCCC(C(=O)O)C3)cn12. The molecule has 2 aromatic heterocycles. The predicted molar refractivity (Wildman–Crippen MR) is 88.0 cm³/mol. The number of urea groups is 1. The summed E-state index contributed by atoms with van der Waals surface area (Å²) in [4.78, 5) is 25.1. The van der Waals surface area contributed by atoms with Gasteiger partial charge in [-0.15, -0.1) is 10.2 Å². The molecule has 24 heavy (non-hydrogen) atoms. The average molecular weight is 331 g/mol. The third-order valence-electron chi connectivity index (χ3n) is 4.25. The van der Waals surface area contributed by atoms with E-state index in [4.69, 9.17) is 5.11 Å². The summed E-state index contributed by atoms with van der Waals surface area (Å²) in [6.07, 6.45) is 3.11. The number of piperidine rings is 1. The van der Waals surface area contributed by atoms with Crippen LogP contribution in [0.25, 0.3) is 5.65 Å². The first kappa shape index (κ1) is 16.2. The highest BCUT2D eigenvalue weighted by atomic mass is 16.4. The number of hydrogen-bond acceptors (Lipinski definition) is 4. The molecule has 0 aromatic carbocycles. The number of aliphatic carboxylic acids is 1. The number of hydrogen-bond donors (Lipinski definition) is 2. The summed E-state index contributed by atoms with van der Waals surface area (Å²) < 4.78 is 1.86. The van der Waals surface area contributed by atoms with Gasteiger partial charge in [-0.3, -0.25) is 9.20 Å². The quantitative estimate of drug-likeness (QED) is 0.898. The van der Waals surface area contributed by atoms with Crippen LogP contribution in [-0.4, -0.2) is 49.7 Å². The Labute approximate surface area is 139 Å². The van der Waals surface area contributed by atoms with Crippen molar-refractivity contribution in [2.24, 2.45) is 5.92 Å². The van der Waals surface area contributed by atoms with Gasteiger partial charge in [0.15, 0.2) is 5.65 Å². The lowest BCUT2D eigenvalue weighted by atomic mass is 9.99. The topological polar surface area (TPSA) is 99.8 Å². The maximum Gasteiger partial charge on any atom is 0.321 e. The molecule has 0 bridgehead atoms. The van der Waals surface area contributed by atoms with Gasteiger partial charge in [0.1, 0.15) is 5.82 Å². The summed E-state index contributed by atoms with van der Waals surface area (Å²) in [7, 11) is 0. The Kier molecular flexibility index (Phi) is 4.37. The van der Waals surface area contributed by atoms with Crippen LogP contribution in [0.1, 0.15) is 38.4 Å². The number of rotatable bonds is 3. The second-order valence-electron chi connectivity index (χ2n) is 6.41. The van der Waals surface area contributed by atoms with E-state index < -0.39 is 11.9 Å². The van der Waals surface area contributed by atoms with Crippen molar-refractivity contribution in [3.8, 4) is 0 Å². The zero-order valence-corrected chi connectivity index (χ0v) is 13.8.